The minimum Gasteiger partial charge on any atom is -0.396 e. The van der Waals surface area contributed by atoms with Gasteiger partial charge in [0.25, 0.3) is 17.4 Å². The molecule has 5 rings (SSSR count). The highest BCUT2D eigenvalue weighted by molar-refractivity contribution is 5.95. The molecular weight excluding hydrogens is 572 g/mol. The Kier molecular flexibility index (Phi) is 9.25. The van der Waals surface area contributed by atoms with Crippen LogP contribution < -0.4 is 21.5 Å². The van der Waals surface area contributed by atoms with Crippen LogP contribution in [0.4, 0.5) is 20.4 Å². The lowest BCUT2D eigenvalue weighted by molar-refractivity contribution is 0.0947. The van der Waals surface area contributed by atoms with Gasteiger partial charge in [0.05, 0.1) is 18.6 Å². The number of benzene rings is 2. The molecule has 2 heterocycles. The van der Waals surface area contributed by atoms with Gasteiger partial charge in [0.2, 0.25) is 5.95 Å². The molecule has 1 aliphatic carbocycles. The third kappa shape index (κ3) is 7.25. The fourth-order valence-electron chi connectivity index (χ4n) is 4.33. The number of aliphatic hydroxyl groups is 1. The summed E-state index contributed by atoms with van der Waals surface area (Å²) in [7, 11) is 0. The van der Waals surface area contributed by atoms with Gasteiger partial charge in [-0.2, -0.15) is 0 Å². The molecule has 0 unspecified atom stereocenters. The van der Waals surface area contributed by atoms with Crippen molar-refractivity contribution in [2.75, 3.05) is 18.5 Å². The second-order valence-electron chi connectivity index (χ2n) is 9.83. The molecule has 4 aromatic rings. The zero-order valence-electron chi connectivity index (χ0n) is 23.3. The van der Waals surface area contributed by atoms with E-state index >= 15 is 0 Å². The molecule has 13 heteroatoms. The summed E-state index contributed by atoms with van der Waals surface area (Å²) in [5.74, 6) is -2.56. The number of fused-ring (bicyclic) bond motifs is 1. The molecule has 0 atom stereocenters. The molecule has 0 saturated carbocycles. The van der Waals surface area contributed by atoms with Gasteiger partial charge < -0.3 is 21.1 Å². The first-order valence-electron chi connectivity index (χ1n) is 13.6. The molecule has 11 nitrogen and oxygen atoms in total. The summed E-state index contributed by atoms with van der Waals surface area (Å²) in [6, 6.07) is 10.1. The Balaban J connectivity index is 1.20. The fourth-order valence-corrected chi connectivity index (χ4v) is 4.33. The normalized spacial score (nSPS) is 12.9. The van der Waals surface area contributed by atoms with Crippen LogP contribution >= 0.6 is 0 Å². The second-order valence-corrected chi connectivity index (χ2v) is 9.83. The van der Waals surface area contributed by atoms with Gasteiger partial charge in [-0.3, -0.25) is 19.0 Å². The van der Waals surface area contributed by atoms with E-state index in [9.17, 15) is 23.2 Å². The summed E-state index contributed by atoms with van der Waals surface area (Å²) in [5, 5.41) is 17.3. The van der Waals surface area contributed by atoms with E-state index in [1.807, 2.05) is 0 Å². The van der Waals surface area contributed by atoms with Gasteiger partial charge in [0, 0.05) is 55.0 Å². The number of anilines is 2. The highest BCUT2D eigenvalue weighted by Crippen LogP contribution is 2.22. The van der Waals surface area contributed by atoms with Crippen LogP contribution in [0, 0.1) is 11.6 Å². The SMILES string of the molecule is O=C(NCCCO)c1ccc(Nc2ncc3c(n2)C=CC(=CNC(=O)c2cncn(Cc4ccc(F)c(F)c4)c2=O)C3)cc1. The third-order valence-electron chi connectivity index (χ3n) is 6.64. The van der Waals surface area contributed by atoms with Gasteiger partial charge in [0.1, 0.15) is 5.56 Å². The van der Waals surface area contributed by atoms with Gasteiger partial charge in [-0.1, -0.05) is 12.1 Å². The van der Waals surface area contributed by atoms with Crippen molar-refractivity contribution in [3.8, 4) is 0 Å². The quantitative estimate of drug-likeness (QED) is 0.203. The lowest BCUT2D eigenvalue weighted by Gasteiger charge is -2.14. The van der Waals surface area contributed by atoms with Crippen LogP contribution in [-0.4, -0.2) is 49.6 Å². The van der Waals surface area contributed by atoms with E-state index in [1.54, 1.807) is 42.6 Å². The van der Waals surface area contributed by atoms with E-state index < -0.39 is 23.1 Å². The van der Waals surface area contributed by atoms with Crippen LogP contribution in [0.25, 0.3) is 6.08 Å². The maximum Gasteiger partial charge on any atom is 0.266 e. The van der Waals surface area contributed by atoms with Crippen LogP contribution in [-0.2, 0) is 13.0 Å². The Labute approximate surface area is 250 Å². The maximum atomic E-state index is 13.6. The summed E-state index contributed by atoms with van der Waals surface area (Å²) in [6.07, 6.45) is 10.0. The average Bonchev–Trinajstić information content (AvgIpc) is 3.03. The first-order chi connectivity index (χ1) is 21.3. The summed E-state index contributed by atoms with van der Waals surface area (Å²) in [6.45, 7) is 0.317. The van der Waals surface area contributed by atoms with Crippen molar-refractivity contribution in [3.63, 3.8) is 0 Å². The minimum absolute atomic E-state index is 0.0102. The molecule has 0 bridgehead atoms. The molecular formula is C31H27F2N7O4. The van der Waals surface area contributed by atoms with Crippen LogP contribution in [0.15, 0.2) is 83.8 Å². The Bertz CT molecular complexity index is 1820. The summed E-state index contributed by atoms with van der Waals surface area (Å²) in [4.78, 5) is 50.6. The number of nitrogens with zero attached hydrogens (tertiary/aromatic N) is 4. The van der Waals surface area contributed by atoms with E-state index in [0.717, 1.165) is 34.0 Å². The predicted molar refractivity (Wildman–Crippen MR) is 158 cm³/mol. The zero-order chi connectivity index (χ0) is 31.1. The van der Waals surface area contributed by atoms with E-state index in [0.29, 0.717) is 47.8 Å². The number of nitrogens with one attached hydrogen (secondary N) is 3. The van der Waals surface area contributed by atoms with Gasteiger partial charge in [-0.15, -0.1) is 0 Å². The Morgan fingerprint density at radius 1 is 1.02 bits per heavy atom. The minimum atomic E-state index is -1.03. The average molecular weight is 600 g/mol. The van der Waals surface area contributed by atoms with Crippen molar-refractivity contribution in [2.24, 2.45) is 0 Å². The van der Waals surface area contributed by atoms with E-state index in [4.69, 9.17) is 5.11 Å². The lowest BCUT2D eigenvalue weighted by atomic mass is 9.99. The van der Waals surface area contributed by atoms with Gasteiger partial charge >= 0.3 is 0 Å². The number of aliphatic hydroxyl groups excluding tert-OH is 1. The second kappa shape index (κ2) is 13.6. The molecule has 0 spiro atoms. The number of carbonyl (C=O) groups excluding carboxylic acids is 2. The smallest absolute Gasteiger partial charge is 0.266 e. The zero-order valence-corrected chi connectivity index (χ0v) is 23.3. The molecule has 44 heavy (non-hydrogen) atoms. The van der Waals surface area contributed by atoms with Crippen molar-refractivity contribution in [1.82, 2.24) is 30.2 Å². The van der Waals surface area contributed by atoms with Crippen molar-refractivity contribution >= 4 is 29.5 Å². The van der Waals surface area contributed by atoms with Gasteiger partial charge in [-0.25, -0.2) is 23.7 Å². The number of hydrogen-bond donors (Lipinski definition) is 4. The largest absolute Gasteiger partial charge is 0.396 e. The van der Waals surface area contributed by atoms with Crippen molar-refractivity contribution in [1.29, 1.82) is 0 Å². The van der Waals surface area contributed by atoms with E-state index in [2.05, 4.69) is 30.9 Å². The summed E-state index contributed by atoms with van der Waals surface area (Å²) >= 11 is 0. The first kappa shape index (κ1) is 29.9. The van der Waals surface area contributed by atoms with Crippen LogP contribution in [0.5, 0.6) is 0 Å². The Hall–Kier alpha value is -5.56. The number of aromatic nitrogens is 4. The molecule has 0 saturated heterocycles. The van der Waals surface area contributed by atoms with Gasteiger partial charge in [-0.05, 0) is 60.0 Å². The lowest BCUT2D eigenvalue weighted by Crippen LogP contribution is -2.31. The monoisotopic (exact) mass is 599 g/mol. The molecule has 1 aliphatic rings. The van der Waals surface area contributed by atoms with Crippen molar-refractivity contribution in [3.05, 3.63) is 129 Å². The topological polar surface area (TPSA) is 151 Å². The molecule has 0 radical (unpaired) electrons. The molecule has 0 aliphatic heterocycles. The number of carbonyl (C=O) groups is 2. The highest BCUT2D eigenvalue weighted by Gasteiger charge is 2.15. The third-order valence-corrected chi connectivity index (χ3v) is 6.64. The standard InChI is InChI=1S/C31H27F2N7O4/c32-25-8-2-20(13-26(25)33)17-40-18-34-16-24(30(40)44)29(43)36-14-19-3-9-27-22(12-19)15-37-31(39-27)38-23-6-4-21(5-7-23)28(42)35-10-1-11-41/h2-9,13-16,18,41H,1,10-12,17H2,(H,35,42)(H,36,43)(H,37,38,39). The summed E-state index contributed by atoms with van der Waals surface area (Å²) < 4.78 is 27.9. The number of allylic oxidation sites excluding steroid dienone is 2. The van der Waals surface area contributed by atoms with Crippen LogP contribution in [0.3, 0.4) is 0 Å². The number of amides is 2. The molecule has 2 amide bonds. The van der Waals surface area contributed by atoms with Crippen LogP contribution in [0.2, 0.25) is 0 Å². The molecule has 2 aromatic heterocycles. The Morgan fingerprint density at radius 2 is 1.84 bits per heavy atom. The first-order valence-corrected chi connectivity index (χ1v) is 13.6. The van der Waals surface area contributed by atoms with Crippen LogP contribution in [0.1, 0.15) is 44.0 Å². The number of hydrogen-bond acceptors (Lipinski definition) is 8. The fraction of sp³-hybridized carbons (Fsp3) is 0.161. The molecule has 4 N–H and O–H groups in total. The number of halogens is 2. The molecule has 0 fully saturated rings. The summed E-state index contributed by atoms with van der Waals surface area (Å²) in [5.41, 5.74) is 2.95. The maximum absolute atomic E-state index is 13.6. The van der Waals surface area contributed by atoms with Crippen molar-refractivity contribution < 1.29 is 23.5 Å². The van der Waals surface area contributed by atoms with E-state index in [1.165, 1.54) is 18.6 Å². The van der Waals surface area contributed by atoms with Crippen molar-refractivity contribution in [2.45, 2.75) is 19.4 Å². The Morgan fingerprint density at radius 3 is 2.61 bits per heavy atom. The van der Waals surface area contributed by atoms with Gasteiger partial charge in [0.15, 0.2) is 11.6 Å². The van der Waals surface area contributed by atoms with E-state index in [-0.39, 0.29) is 24.6 Å². The predicted octanol–water partition coefficient (Wildman–Crippen LogP) is 3.10. The molecule has 224 valence electrons. The highest BCUT2D eigenvalue weighted by atomic mass is 19.2. The number of rotatable bonds is 10. The molecule has 2 aromatic carbocycles.